The summed E-state index contributed by atoms with van der Waals surface area (Å²) >= 11 is 1.71. The van der Waals surface area contributed by atoms with E-state index in [9.17, 15) is 0 Å². The first kappa shape index (κ1) is 13.7. The van der Waals surface area contributed by atoms with Gasteiger partial charge < -0.3 is 11.1 Å². The van der Waals surface area contributed by atoms with E-state index in [-0.39, 0.29) is 0 Å². The average molecular weight is 291 g/mol. The van der Waals surface area contributed by atoms with Crippen molar-refractivity contribution in [2.75, 3.05) is 31.9 Å². The van der Waals surface area contributed by atoms with Gasteiger partial charge in [-0.3, -0.25) is 4.90 Å². The molecule has 2 aromatic heterocycles. The minimum absolute atomic E-state index is 0.625. The standard InChI is InChI=1S/C14H21N5S/c1-9-10(2)20-14-12(9)13(15)17-11(18-14)8-19-6-3-4-16-5-7-19/h16H,3-8H2,1-2H3,(H2,15,17,18). The molecule has 1 aliphatic heterocycles. The maximum atomic E-state index is 6.13. The smallest absolute Gasteiger partial charge is 0.146 e. The molecule has 0 bridgehead atoms. The molecule has 0 aromatic carbocycles. The Morgan fingerprint density at radius 2 is 2.10 bits per heavy atom. The number of nitrogens with zero attached hydrogens (tertiary/aromatic N) is 3. The summed E-state index contributed by atoms with van der Waals surface area (Å²) in [5.41, 5.74) is 7.35. The zero-order valence-corrected chi connectivity index (χ0v) is 12.9. The van der Waals surface area contributed by atoms with E-state index in [0.29, 0.717) is 5.82 Å². The van der Waals surface area contributed by atoms with Crippen molar-refractivity contribution in [2.45, 2.75) is 26.8 Å². The summed E-state index contributed by atoms with van der Waals surface area (Å²) in [5, 5.41) is 4.45. The SMILES string of the molecule is Cc1sc2nc(CN3CCCNCC3)nc(N)c2c1C. The van der Waals surface area contributed by atoms with Gasteiger partial charge in [0.25, 0.3) is 0 Å². The van der Waals surface area contributed by atoms with E-state index in [2.05, 4.69) is 29.0 Å². The van der Waals surface area contributed by atoms with Gasteiger partial charge in [0.15, 0.2) is 0 Å². The Kier molecular flexibility index (Phi) is 3.87. The number of hydrogen-bond donors (Lipinski definition) is 2. The Hall–Kier alpha value is -1.24. The van der Waals surface area contributed by atoms with Gasteiger partial charge in [-0.25, -0.2) is 9.97 Å². The molecule has 3 N–H and O–H groups in total. The molecule has 1 aliphatic rings. The number of thiophene rings is 1. The summed E-state index contributed by atoms with van der Waals surface area (Å²) in [6, 6.07) is 0. The predicted octanol–water partition coefficient (Wildman–Crippen LogP) is 1.69. The fourth-order valence-corrected chi connectivity index (χ4v) is 3.71. The van der Waals surface area contributed by atoms with Gasteiger partial charge in [0.05, 0.1) is 11.9 Å². The van der Waals surface area contributed by atoms with Crippen LogP contribution in [0.25, 0.3) is 10.2 Å². The summed E-state index contributed by atoms with van der Waals surface area (Å²) in [6.45, 7) is 9.27. The average Bonchev–Trinajstić information content (AvgIpc) is 2.59. The normalized spacial score (nSPS) is 17.5. The number of aryl methyl sites for hydroxylation is 2. The van der Waals surface area contributed by atoms with Crippen LogP contribution in [0.2, 0.25) is 0 Å². The fraction of sp³-hybridized carbons (Fsp3) is 0.571. The van der Waals surface area contributed by atoms with Crippen LogP contribution in [0.1, 0.15) is 22.7 Å². The van der Waals surface area contributed by atoms with Gasteiger partial charge in [0.1, 0.15) is 16.5 Å². The maximum absolute atomic E-state index is 6.13. The van der Waals surface area contributed by atoms with E-state index >= 15 is 0 Å². The van der Waals surface area contributed by atoms with Crippen molar-refractivity contribution >= 4 is 27.4 Å². The highest BCUT2D eigenvalue weighted by atomic mass is 32.1. The first-order valence-corrected chi connectivity index (χ1v) is 7.92. The zero-order valence-electron chi connectivity index (χ0n) is 12.1. The van der Waals surface area contributed by atoms with Crippen molar-refractivity contribution in [1.29, 1.82) is 0 Å². The molecule has 1 fully saturated rings. The molecule has 0 unspecified atom stereocenters. The molecule has 0 atom stereocenters. The molecule has 20 heavy (non-hydrogen) atoms. The molecule has 6 heteroatoms. The number of aromatic nitrogens is 2. The van der Waals surface area contributed by atoms with Crippen molar-refractivity contribution in [3.8, 4) is 0 Å². The fourth-order valence-electron chi connectivity index (χ4n) is 2.66. The van der Waals surface area contributed by atoms with Crippen molar-refractivity contribution in [2.24, 2.45) is 0 Å². The predicted molar refractivity (Wildman–Crippen MR) is 84.1 cm³/mol. The molecular formula is C14H21N5S. The molecule has 2 aromatic rings. The molecule has 108 valence electrons. The van der Waals surface area contributed by atoms with Crippen molar-refractivity contribution in [1.82, 2.24) is 20.2 Å². The summed E-state index contributed by atoms with van der Waals surface area (Å²) < 4.78 is 0. The molecule has 0 saturated carbocycles. The molecule has 3 rings (SSSR count). The third kappa shape index (κ3) is 2.63. The van der Waals surface area contributed by atoms with Gasteiger partial charge >= 0.3 is 0 Å². The molecule has 0 aliphatic carbocycles. The number of anilines is 1. The summed E-state index contributed by atoms with van der Waals surface area (Å²) in [6.07, 6.45) is 1.18. The van der Waals surface area contributed by atoms with Gasteiger partial charge in [-0.05, 0) is 38.9 Å². The number of fused-ring (bicyclic) bond motifs is 1. The second kappa shape index (κ2) is 5.63. The lowest BCUT2D eigenvalue weighted by molar-refractivity contribution is 0.278. The lowest BCUT2D eigenvalue weighted by Crippen LogP contribution is -2.28. The van der Waals surface area contributed by atoms with Gasteiger partial charge in [-0.15, -0.1) is 11.3 Å². The van der Waals surface area contributed by atoms with E-state index in [4.69, 9.17) is 10.7 Å². The highest BCUT2D eigenvalue weighted by Gasteiger charge is 2.15. The van der Waals surface area contributed by atoms with E-state index in [0.717, 1.165) is 48.8 Å². The van der Waals surface area contributed by atoms with Crippen molar-refractivity contribution < 1.29 is 0 Å². The summed E-state index contributed by atoms with van der Waals surface area (Å²) in [4.78, 5) is 13.9. The molecule has 0 spiro atoms. The van der Waals surface area contributed by atoms with Crippen LogP contribution < -0.4 is 11.1 Å². The number of rotatable bonds is 2. The highest BCUT2D eigenvalue weighted by Crippen LogP contribution is 2.31. The second-order valence-electron chi connectivity index (χ2n) is 5.37. The third-order valence-electron chi connectivity index (χ3n) is 3.90. The molecule has 0 radical (unpaired) electrons. The minimum Gasteiger partial charge on any atom is -0.383 e. The van der Waals surface area contributed by atoms with Crippen LogP contribution in [0.5, 0.6) is 0 Å². The Bertz CT molecular complexity index is 614. The quantitative estimate of drug-likeness (QED) is 0.881. The molecule has 3 heterocycles. The van der Waals surface area contributed by atoms with Gasteiger partial charge in [0.2, 0.25) is 0 Å². The molecule has 1 saturated heterocycles. The highest BCUT2D eigenvalue weighted by molar-refractivity contribution is 7.18. The van der Waals surface area contributed by atoms with E-state index in [1.807, 2.05) is 0 Å². The Morgan fingerprint density at radius 1 is 1.25 bits per heavy atom. The monoisotopic (exact) mass is 291 g/mol. The van der Waals surface area contributed by atoms with Gasteiger partial charge in [-0.1, -0.05) is 0 Å². The Morgan fingerprint density at radius 3 is 2.95 bits per heavy atom. The van der Waals surface area contributed by atoms with Gasteiger partial charge in [-0.2, -0.15) is 0 Å². The van der Waals surface area contributed by atoms with Crippen LogP contribution in [0.15, 0.2) is 0 Å². The van der Waals surface area contributed by atoms with E-state index in [1.54, 1.807) is 11.3 Å². The Labute approximate surface area is 123 Å². The molecule has 5 nitrogen and oxygen atoms in total. The lowest BCUT2D eigenvalue weighted by Gasteiger charge is -2.18. The number of nitrogen functional groups attached to an aromatic ring is 1. The molecular weight excluding hydrogens is 270 g/mol. The van der Waals surface area contributed by atoms with E-state index < -0.39 is 0 Å². The van der Waals surface area contributed by atoms with Crippen LogP contribution >= 0.6 is 11.3 Å². The third-order valence-corrected chi connectivity index (χ3v) is 5.00. The first-order valence-electron chi connectivity index (χ1n) is 7.10. The summed E-state index contributed by atoms with van der Waals surface area (Å²) in [7, 11) is 0. The summed E-state index contributed by atoms with van der Waals surface area (Å²) in [5.74, 6) is 1.47. The lowest BCUT2D eigenvalue weighted by atomic mass is 10.2. The second-order valence-corrected chi connectivity index (χ2v) is 6.57. The van der Waals surface area contributed by atoms with Crippen LogP contribution in [-0.2, 0) is 6.54 Å². The first-order chi connectivity index (χ1) is 9.65. The largest absolute Gasteiger partial charge is 0.383 e. The van der Waals surface area contributed by atoms with Crippen LogP contribution in [-0.4, -0.2) is 41.0 Å². The van der Waals surface area contributed by atoms with Crippen molar-refractivity contribution in [3.05, 3.63) is 16.3 Å². The number of nitrogens with two attached hydrogens (primary N) is 1. The number of hydrogen-bond acceptors (Lipinski definition) is 6. The van der Waals surface area contributed by atoms with Crippen LogP contribution in [0.3, 0.4) is 0 Å². The zero-order chi connectivity index (χ0) is 14.1. The molecule has 0 amide bonds. The van der Waals surface area contributed by atoms with Crippen LogP contribution in [0.4, 0.5) is 5.82 Å². The number of nitrogens with one attached hydrogen (secondary N) is 1. The Balaban J connectivity index is 1.88. The van der Waals surface area contributed by atoms with Crippen LogP contribution in [0, 0.1) is 13.8 Å². The van der Waals surface area contributed by atoms with E-state index in [1.165, 1.54) is 16.9 Å². The maximum Gasteiger partial charge on any atom is 0.146 e. The minimum atomic E-state index is 0.625. The topological polar surface area (TPSA) is 67.1 Å². The van der Waals surface area contributed by atoms with Crippen molar-refractivity contribution in [3.63, 3.8) is 0 Å². The van der Waals surface area contributed by atoms with Gasteiger partial charge in [0, 0.05) is 18.0 Å².